The van der Waals surface area contributed by atoms with E-state index in [2.05, 4.69) is 33.2 Å². The van der Waals surface area contributed by atoms with Gasteiger partial charge in [-0.15, -0.1) is 0 Å². The minimum absolute atomic E-state index is 0.195. The number of aromatic nitrogens is 2. The van der Waals surface area contributed by atoms with Crippen LogP contribution in [0.3, 0.4) is 0 Å². The van der Waals surface area contributed by atoms with Gasteiger partial charge in [-0.3, -0.25) is 4.79 Å². The first kappa shape index (κ1) is 18.3. The molecule has 0 unspecified atom stereocenters. The van der Waals surface area contributed by atoms with Crippen LogP contribution in [0.5, 0.6) is 17.2 Å². The van der Waals surface area contributed by atoms with Gasteiger partial charge in [-0.05, 0) is 56.5 Å². The number of halogens is 1. The number of hydrogen-bond donors (Lipinski definition) is 0. The van der Waals surface area contributed by atoms with Crippen molar-refractivity contribution in [2.75, 3.05) is 7.11 Å². The Morgan fingerprint density at radius 1 is 0.964 bits per heavy atom. The van der Waals surface area contributed by atoms with Gasteiger partial charge in [0.1, 0.15) is 11.5 Å². The molecule has 0 spiro atoms. The van der Waals surface area contributed by atoms with Gasteiger partial charge in [-0.25, -0.2) is 4.68 Å². The van der Waals surface area contributed by atoms with E-state index in [1.807, 2.05) is 30.3 Å². The number of hydrogen-bond acceptors (Lipinski definition) is 4. The summed E-state index contributed by atoms with van der Waals surface area (Å²) in [5, 5.41) is 6.49. The van der Waals surface area contributed by atoms with Crippen LogP contribution >= 0.6 is 15.9 Å². The molecule has 6 heteroatoms. The lowest BCUT2D eigenvalue weighted by molar-refractivity contribution is 0.412. The first-order chi connectivity index (χ1) is 13.7. The fraction of sp³-hybridized carbons (Fsp3) is 0.0909. The fourth-order valence-corrected chi connectivity index (χ4v) is 3.35. The molecule has 0 aliphatic heterocycles. The van der Waals surface area contributed by atoms with E-state index in [1.165, 1.54) is 4.68 Å². The SMILES string of the molecule is COc1ccc(Oc2c(Br)cnn(Cc3cccc4ccccc34)c2=O)cc1. The van der Waals surface area contributed by atoms with E-state index in [-0.39, 0.29) is 11.3 Å². The van der Waals surface area contributed by atoms with Gasteiger partial charge < -0.3 is 9.47 Å². The third-order valence-electron chi connectivity index (χ3n) is 4.44. The van der Waals surface area contributed by atoms with Crippen molar-refractivity contribution in [2.45, 2.75) is 6.54 Å². The maximum absolute atomic E-state index is 13.0. The topological polar surface area (TPSA) is 53.4 Å². The number of fused-ring (bicyclic) bond motifs is 1. The second kappa shape index (κ2) is 7.86. The van der Waals surface area contributed by atoms with Gasteiger partial charge in [0.2, 0.25) is 5.75 Å². The van der Waals surface area contributed by atoms with Crippen LogP contribution in [0, 0.1) is 0 Å². The Bertz CT molecular complexity index is 1180. The average Bonchev–Trinajstić information content (AvgIpc) is 2.74. The van der Waals surface area contributed by atoms with Crippen molar-refractivity contribution in [3.8, 4) is 17.2 Å². The minimum Gasteiger partial charge on any atom is -0.497 e. The van der Waals surface area contributed by atoms with Crippen LogP contribution in [-0.4, -0.2) is 16.9 Å². The van der Waals surface area contributed by atoms with Crippen LogP contribution in [0.15, 0.2) is 82.2 Å². The molecule has 4 aromatic rings. The molecule has 1 aromatic heterocycles. The van der Waals surface area contributed by atoms with E-state index in [1.54, 1.807) is 37.6 Å². The van der Waals surface area contributed by atoms with E-state index in [4.69, 9.17) is 9.47 Å². The highest BCUT2D eigenvalue weighted by molar-refractivity contribution is 9.10. The van der Waals surface area contributed by atoms with Crippen LogP contribution in [-0.2, 0) is 6.54 Å². The Labute approximate surface area is 170 Å². The molecule has 4 rings (SSSR count). The molecule has 28 heavy (non-hydrogen) atoms. The molecule has 0 aliphatic carbocycles. The van der Waals surface area contributed by atoms with Gasteiger partial charge in [-0.2, -0.15) is 5.10 Å². The monoisotopic (exact) mass is 436 g/mol. The predicted octanol–water partition coefficient (Wildman–Crippen LogP) is 5.01. The van der Waals surface area contributed by atoms with E-state index >= 15 is 0 Å². The molecule has 0 amide bonds. The van der Waals surface area contributed by atoms with Gasteiger partial charge in [-0.1, -0.05) is 42.5 Å². The molecule has 0 radical (unpaired) electrons. The third kappa shape index (κ3) is 3.64. The third-order valence-corrected chi connectivity index (χ3v) is 5.00. The van der Waals surface area contributed by atoms with Crippen molar-refractivity contribution in [1.82, 2.24) is 9.78 Å². The summed E-state index contributed by atoms with van der Waals surface area (Å²) in [4.78, 5) is 13.0. The van der Waals surface area contributed by atoms with E-state index in [0.29, 0.717) is 16.8 Å². The predicted molar refractivity (Wildman–Crippen MR) is 112 cm³/mol. The first-order valence-corrected chi connectivity index (χ1v) is 9.49. The lowest BCUT2D eigenvalue weighted by Crippen LogP contribution is -2.24. The Morgan fingerprint density at radius 3 is 2.46 bits per heavy atom. The van der Waals surface area contributed by atoms with Crippen LogP contribution < -0.4 is 15.0 Å². The molecule has 5 nitrogen and oxygen atoms in total. The molecule has 1 heterocycles. The standard InChI is InChI=1S/C22H17BrN2O3/c1-27-17-9-11-18(12-10-17)28-21-20(23)13-24-25(22(21)26)14-16-7-4-6-15-5-2-3-8-19(15)16/h2-13H,14H2,1H3. The largest absolute Gasteiger partial charge is 0.497 e. The second-order valence-electron chi connectivity index (χ2n) is 6.20. The molecular weight excluding hydrogens is 420 g/mol. The van der Waals surface area contributed by atoms with Gasteiger partial charge in [0.05, 0.1) is 24.3 Å². The Kier molecular flexibility index (Phi) is 5.12. The second-order valence-corrected chi connectivity index (χ2v) is 7.05. The Balaban J connectivity index is 1.69. The summed E-state index contributed by atoms with van der Waals surface area (Å²) in [6.07, 6.45) is 1.57. The fourth-order valence-electron chi connectivity index (χ4n) is 3.01. The number of benzene rings is 3. The zero-order valence-electron chi connectivity index (χ0n) is 15.1. The highest BCUT2D eigenvalue weighted by atomic mass is 79.9. The lowest BCUT2D eigenvalue weighted by Gasteiger charge is -2.12. The number of ether oxygens (including phenoxy) is 2. The molecule has 0 N–H and O–H groups in total. The van der Waals surface area contributed by atoms with Crippen molar-refractivity contribution in [3.63, 3.8) is 0 Å². The van der Waals surface area contributed by atoms with Gasteiger partial charge in [0.15, 0.2) is 0 Å². The molecule has 0 saturated carbocycles. The molecule has 0 atom stereocenters. The minimum atomic E-state index is -0.307. The normalized spacial score (nSPS) is 10.8. The quantitative estimate of drug-likeness (QED) is 0.441. The van der Waals surface area contributed by atoms with Gasteiger partial charge >= 0.3 is 5.56 Å². The van der Waals surface area contributed by atoms with E-state index < -0.39 is 0 Å². The number of nitrogens with zero attached hydrogens (tertiary/aromatic N) is 2. The summed E-state index contributed by atoms with van der Waals surface area (Å²) < 4.78 is 12.9. The van der Waals surface area contributed by atoms with E-state index in [0.717, 1.165) is 22.1 Å². The number of methoxy groups -OCH3 is 1. The van der Waals surface area contributed by atoms with Crippen molar-refractivity contribution in [3.05, 3.63) is 93.3 Å². The molecule has 0 saturated heterocycles. The van der Waals surface area contributed by atoms with Crippen LogP contribution in [0.2, 0.25) is 0 Å². The first-order valence-electron chi connectivity index (χ1n) is 8.70. The van der Waals surface area contributed by atoms with Crippen LogP contribution in [0.25, 0.3) is 10.8 Å². The summed E-state index contributed by atoms with van der Waals surface area (Å²) >= 11 is 3.37. The van der Waals surface area contributed by atoms with Gasteiger partial charge in [0.25, 0.3) is 0 Å². The van der Waals surface area contributed by atoms with Crippen LogP contribution in [0.4, 0.5) is 0 Å². The highest BCUT2D eigenvalue weighted by Crippen LogP contribution is 2.27. The lowest BCUT2D eigenvalue weighted by atomic mass is 10.0. The van der Waals surface area contributed by atoms with Crippen molar-refractivity contribution in [2.24, 2.45) is 0 Å². The molecule has 0 aliphatic rings. The van der Waals surface area contributed by atoms with Gasteiger partial charge in [0, 0.05) is 0 Å². The summed E-state index contributed by atoms with van der Waals surface area (Å²) in [5.74, 6) is 1.46. The van der Waals surface area contributed by atoms with Crippen molar-refractivity contribution >= 4 is 26.7 Å². The molecular formula is C22H17BrN2O3. The smallest absolute Gasteiger partial charge is 0.311 e. The summed E-state index contributed by atoms with van der Waals surface area (Å²) in [6.45, 7) is 0.354. The van der Waals surface area contributed by atoms with Crippen molar-refractivity contribution < 1.29 is 9.47 Å². The van der Waals surface area contributed by atoms with Crippen molar-refractivity contribution in [1.29, 1.82) is 0 Å². The molecule has 0 fully saturated rings. The van der Waals surface area contributed by atoms with E-state index in [9.17, 15) is 4.79 Å². The molecule has 140 valence electrons. The van der Waals surface area contributed by atoms with Crippen LogP contribution in [0.1, 0.15) is 5.56 Å². The zero-order valence-corrected chi connectivity index (χ0v) is 16.7. The zero-order chi connectivity index (χ0) is 19.5. The number of rotatable bonds is 5. The summed E-state index contributed by atoms with van der Waals surface area (Å²) in [5.41, 5.74) is 0.712. The Hall–Kier alpha value is -3.12. The Morgan fingerprint density at radius 2 is 1.68 bits per heavy atom. The molecule has 3 aromatic carbocycles. The average molecular weight is 437 g/mol. The maximum atomic E-state index is 13.0. The summed E-state index contributed by atoms with van der Waals surface area (Å²) in [7, 11) is 1.60. The molecule has 0 bridgehead atoms. The maximum Gasteiger partial charge on any atom is 0.311 e. The summed E-state index contributed by atoms with van der Waals surface area (Å²) in [6, 6.07) is 21.2. The highest BCUT2D eigenvalue weighted by Gasteiger charge is 2.13.